The SMILES string of the molecule is CO[C@@H](C1OC(CO)[C@@H](O)C1O)[C@H](O)c1ccc(-c2ccc3cc[nH]c(=O)c3c2)cc1C. The van der Waals surface area contributed by atoms with Gasteiger partial charge in [-0.05, 0) is 46.7 Å². The van der Waals surface area contributed by atoms with Crippen LogP contribution in [0.4, 0.5) is 0 Å². The average molecular weight is 441 g/mol. The number of aromatic nitrogens is 1. The van der Waals surface area contributed by atoms with Gasteiger partial charge in [-0.3, -0.25) is 4.79 Å². The van der Waals surface area contributed by atoms with Crippen LogP contribution in [0.5, 0.6) is 0 Å². The van der Waals surface area contributed by atoms with Crippen molar-refractivity contribution in [2.24, 2.45) is 0 Å². The molecule has 0 bridgehead atoms. The van der Waals surface area contributed by atoms with Crippen LogP contribution in [0.15, 0.2) is 53.5 Å². The molecule has 0 spiro atoms. The molecule has 3 unspecified atom stereocenters. The van der Waals surface area contributed by atoms with Crippen molar-refractivity contribution in [2.45, 2.75) is 43.5 Å². The Labute approximate surface area is 184 Å². The monoisotopic (exact) mass is 441 g/mol. The second kappa shape index (κ2) is 9.11. The van der Waals surface area contributed by atoms with Crippen LogP contribution >= 0.6 is 0 Å². The summed E-state index contributed by atoms with van der Waals surface area (Å²) in [7, 11) is 1.39. The van der Waals surface area contributed by atoms with Gasteiger partial charge in [0, 0.05) is 18.7 Å². The molecule has 0 amide bonds. The third-order valence-corrected chi connectivity index (χ3v) is 6.18. The van der Waals surface area contributed by atoms with Crippen molar-refractivity contribution < 1.29 is 29.9 Å². The Hall–Kier alpha value is -2.59. The lowest BCUT2D eigenvalue weighted by atomic mass is 9.91. The van der Waals surface area contributed by atoms with E-state index in [-0.39, 0.29) is 5.56 Å². The van der Waals surface area contributed by atoms with E-state index in [4.69, 9.17) is 9.47 Å². The first-order valence-electron chi connectivity index (χ1n) is 10.4. The van der Waals surface area contributed by atoms with Gasteiger partial charge in [0.05, 0.1) is 6.61 Å². The molecule has 2 aromatic carbocycles. The highest BCUT2D eigenvalue weighted by molar-refractivity contribution is 5.86. The number of aliphatic hydroxyl groups excluding tert-OH is 4. The lowest BCUT2D eigenvalue weighted by Gasteiger charge is -2.29. The molecule has 0 radical (unpaired) electrons. The summed E-state index contributed by atoms with van der Waals surface area (Å²) in [6.07, 6.45) is -5.01. The molecule has 1 aromatic heterocycles. The number of ether oxygens (including phenoxy) is 2. The van der Waals surface area contributed by atoms with Crippen molar-refractivity contribution in [1.82, 2.24) is 4.98 Å². The minimum atomic E-state index is -1.30. The first kappa shape index (κ1) is 22.6. The lowest BCUT2D eigenvalue weighted by molar-refractivity contribution is -0.129. The second-order valence-corrected chi connectivity index (χ2v) is 8.13. The van der Waals surface area contributed by atoms with Crippen LogP contribution in [-0.2, 0) is 9.47 Å². The number of fused-ring (bicyclic) bond motifs is 1. The van der Waals surface area contributed by atoms with Crippen molar-refractivity contribution in [3.05, 3.63) is 70.1 Å². The van der Waals surface area contributed by atoms with Crippen LogP contribution in [0, 0.1) is 6.92 Å². The zero-order chi connectivity index (χ0) is 23.0. The Bertz CT molecular complexity index is 1160. The third kappa shape index (κ3) is 3.97. The highest BCUT2D eigenvalue weighted by Crippen LogP contribution is 2.34. The molecule has 8 heteroatoms. The first-order valence-corrected chi connectivity index (χ1v) is 10.4. The van der Waals surface area contributed by atoms with E-state index in [0.29, 0.717) is 10.9 Å². The molecule has 8 nitrogen and oxygen atoms in total. The Morgan fingerprint density at radius 1 is 1.09 bits per heavy atom. The number of aliphatic hydroxyl groups is 4. The molecule has 1 saturated heterocycles. The summed E-state index contributed by atoms with van der Waals surface area (Å²) in [4.78, 5) is 14.8. The standard InChI is InChI=1S/C24H27NO7/c1-12-9-14(15-4-3-13-7-8-25-24(30)17(13)10-15)5-6-16(12)19(27)22(31-2)23-21(29)20(28)18(11-26)32-23/h3-10,18-23,26-29H,11H2,1-2H3,(H,25,30)/t18?,19-,20-,21?,22-,23?/m1/s1. The van der Waals surface area contributed by atoms with E-state index in [1.54, 1.807) is 12.3 Å². The van der Waals surface area contributed by atoms with E-state index in [9.17, 15) is 25.2 Å². The quantitative estimate of drug-likeness (QED) is 0.386. The Balaban J connectivity index is 1.63. The van der Waals surface area contributed by atoms with Crippen molar-refractivity contribution in [3.8, 4) is 11.1 Å². The van der Waals surface area contributed by atoms with E-state index in [0.717, 1.165) is 22.1 Å². The summed E-state index contributed by atoms with van der Waals surface area (Å²) < 4.78 is 11.0. The molecule has 170 valence electrons. The van der Waals surface area contributed by atoms with E-state index >= 15 is 0 Å². The fraction of sp³-hybridized carbons (Fsp3) is 0.375. The molecule has 0 saturated carbocycles. The fourth-order valence-corrected chi connectivity index (χ4v) is 4.37. The van der Waals surface area contributed by atoms with Crippen LogP contribution in [0.2, 0.25) is 0 Å². The molecule has 2 heterocycles. The topological polar surface area (TPSA) is 132 Å². The molecule has 4 rings (SSSR count). The summed E-state index contributed by atoms with van der Waals surface area (Å²) in [5, 5.41) is 42.1. The first-order chi connectivity index (χ1) is 15.3. The predicted octanol–water partition coefficient (Wildman–Crippen LogP) is 1.03. The van der Waals surface area contributed by atoms with Crippen molar-refractivity contribution in [2.75, 3.05) is 13.7 Å². The van der Waals surface area contributed by atoms with Crippen molar-refractivity contribution in [1.29, 1.82) is 0 Å². The van der Waals surface area contributed by atoms with Crippen LogP contribution in [0.3, 0.4) is 0 Å². The number of methoxy groups -OCH3 is 1. The summed E-state index contributed by atoms with van der Waals surface area (Å²) in [5.74, 6) is 0. The lowest BCUT2D eigenvalue weighted by Crippen LogP contribution is -2.43. The number of hydrogen-bond acceptors (Lipinski definition) is 7. The Morgan fingerprint density at radius 3 is 2.47 bits per heavy atom. The molecule has 3 aromatic rings. The molecule has 5 N–H and O–H groups in total. The van der Waals surface area contributed by atoms with Gasteiger partial charge in [0.1, 0.15) is 36.6 Å². The zero-order valence-electron chi connectivity index (χ0n) is 17.8. The maximum absolute atomic E-state index is 12.1. The maximum Gasteiger partial charge on any atom is 0.255 e. The number of H-pyrrole nitrogens is 1. The van der Waals surface area contributed by atoms with Crippen LogP contribution < -0.4 is 5.56 Å². The van der Waals surface area contributed by atoms with Gasteiger partial charge in [0.2, 0.25) is 0 Å². The highest BCUT2D eigenvalue weighted by atomic mass is 16.6. The molecule has 1 aliphatic rings. The average Bonchev–Trinajstić information content (AvgIpc) is 3.08. The van der Waals surface area contributed by atoms with Gasteiger partial charge < -0.3 is 34.9 Å². The summed E-state index contributed by atoms with van der Waals surface area (Å²) in [6, 6.07) is 13.0. The normalized spacial score (nSPS) is 25.2. The molecule has 32 heavy (non-hydrogen) atoms. The number of nitrogens with one attached hydrogen (secondary N) is 1. The highest BCUT2D eigenvalue weighted by Gasteiger charge is 2.48. The molecule has 1 aliphatic heterocycles. The van der Waals surface area contributed by atoms with Crippen molar-refractivity contribution >= 4 is 10.8 Å². The van der Waals surface area contributed by atoms with Gasteiger partial charge in [-0.15, -0.1) is 0 Å². The molecule has 0 aliphatic carbocycles. The largest absolute Gasteiger partial charge is 0.394 e. The number of hydrogen-bond donors (Lipinski definition) is 5. The second-order valence-electron chi connectivity index (χ2n) is 8.13. The summed E-state index contributed by atoms with van der Waals surface area (Å²) in [5.41, 5.74) is 2.95. The predicted molar refractivity (Wildman–Crippen MR) is 118 cm³/mol. The van der Waals surface area contributed by atoms with E-state index in [2.05, 4.69) is 4.98 Å². The smallest absolute Gasteiger partial charge is 0.255 e. The van der Waals surface area contributed by atoms with Gasteiger partial charge >= 0.3 is 0 Å². The van der Waals surface area contributed by atoms with Crippen LogP contribution in [0.25, 0.3) is 21.9 Å². The third-order valence-electron chi connectivity index (χ3n) is 6.18. The Morgan fingerprint density at radius 2 is 1.81 bits per heavy atom. The van der Waals surface area contributed by atoms with Gasteiger partial charge in [-0.25, -0.2) is 0 Å². The molecular weight excluding hydrogens is 414 g/mol. The van der Waals surface area contributed by atoms with E-state index in [1.165, 1.54) is 7.11 Å². The Kier molecular flexibility index (Phi) is 6.43. The number of pyridine rings is 1. The molecule has 6 atom stereocenters. The molecule has 1 fully saturated rings. The van der Waals surface area contributed by atoms with Gasteiger partial charge in [-0.2, -0.15) is 0 Å². The fourth-order valence-electron chi connectivity index (χ4n) is 4.37. The number of aryl methyl sites for hydroxylation is 1. The van der Waals surface area contributed by atoms with Gasteiger partial charge in [0.25, 0.3) is 5.56 Å². The van der Waals surface area contributed by atoms with Crippen LogP contribution in [0.1, 0.15) is 17.2 Å². The van der Waals surface area contributed by atoms with Crippen molar-refractivity contribution in [3.63, 3.8) is 0 Å². The zero-order valence-corrected chi connectivity index (χ0v) is 17.8. The number of rotatable bonds is 6. The summed E-state index contributed by atoms with van der Waals surface area (Å²) in [6.45, 7) is 1.39. The van der Waals surface area contributed by atoms with E-state index < -0.39 is 43.2 Å². The van der Waals surface area contributed by atoms with Gasteiger partial charge in [0.15, 0.2) is 0 Å². The minimum Gasteiger partial charge on any atom is -0.394 e. The maximum atomic E-state index is 12.1. The summed E-state index contributed by atoms with van der Waals surface area (Å²) >= 11 is 0. The van der Waals surface area contributed by atoms with Crippen LogP contribution in [-0.4, -0.2) is 69.6 Å². The number of aromatic amines is 1. The van der Waals surface area contributed by atoms with Gasteiger partial charge in [-0.1, -0.05) is 30.3 Å². The number of benzene rings is 2. The van der Waals surface area contributed by atoms with E-state index in [1.807, 2.05) is 43.3 Å². The molecular formula is C24H27NO7. The minimum absolute atomic E-state index is 0.158.